The van der Waals surface area contributed by atoms with Crippen LogP contribution in [0, 0.1) is 5.82 Å². The molecule has 2 nitrogen and oxygen atoms in total. The molecule has 0 spiro atoms. The molecule has 1 aromatic heterocycles. The minimum atomic E-state index is -0.236. The monoisotopic (exact) mass is 326 g/mol. The summed E-state index contributed by atoms with van der Waals surface area (Å²) in [5, 5.41) is 6.12. The van der Waals surface area contributed by atoms with E-state index in [1.165, 1.54) is 30.2 Å². The third-order valence-electron chi connectivity index (χ3n) is 2.88. The van der Waals surface area contributed by atoms with Gasteiger partial charge in [0.15, 0.2) is 0 Å². The summed E-state index contributed by atoms with van der Waals surface area (Å²) in [6.07, 6.45) is 2.52. The standard InChI is InChI=1S/C13H12BrFN2S/c14-10-2-1-3-11(15)12(10)13-17-9(7-18-13)6-16-8-4-5-8/h1-3,7-8,16H,4-6H2. The number of thiazole rings is 1. The van der Waals surface area contributed by atoms with E-state index in [9.17, 15) is 4.39 Å². The van der Waals surface area contributed by atoms with Crippen LogP contribution in [0.15, 0.2) is 28.1 Å². The Bertz CT molecular complexity index is 546. The van der Waals surface area contributed by atoms with Gasteiger partial charge >= 0.3 is 0 Å². The molecule has 1 fully saturated rings. The lowest BCUT2D eigenvalue weighted by atomic mass is 10.2. The summed E-state index contributed by atoms with van der Waals surface area (Å²) in [6, 6.07) is 5.65. The zero-order valence-corrected chi connectivity index (χ0v) is 12.0. The fraction of sp³-hybridized carbons (Fsp3) is 0.308. The van der Waals surface area contributed by atoms with E-state index in [2.05, 4.69) is 26.2 Å². The molecule has 0 aliphatic heterocycles. The predicted molar refractivity (Wildman–Crippen MR) is 75.1 cm³/mol. The molecule has 0 atom stereocenters. The Kier molecular flexibility index (Phi) is 3.46. The minimum Gasteiger partial charge on any atom is -0.308 e. The number of rotatable bonds is 4. The third-order valence-corrected chi connectivity index (χ3v) is 4.45. The van der Waals surface area contributed by atoms with Crippen molar-refractivity contribution in [1.29, 1.82) is 0 Å². The lowest BCUT2D eigenvalue weighted by Crippen LogP contribution is -2.15. The van der Waals surface area contributed by atoms with E-state index >= 15 is 0 Å². The third kappa shape index (κ3) is 2.63. The lowest BCUT2D eigenvalue weighted by molar-refractivity contribution is 0.630. The Balaban J connectivity index is 1.83. The maximum atomic E-state index is 13.8. The Morgan fingerprint density at radius 1 is 1.44 bits per heavy atom. The zero-order chi connectivity index (χ0) is 12.5. The second kappa shape index (κ2) is 5.07. The Labute approximate surface area is 117 Å². The van der Waals surface area contributed by atoms with Crippen LogP contribution in [0.3, 0.4) is 0 Å². The van der Waals surface area contributed by atoms with Crippen LogP contribution in [-0.2, 0) is 6.54 Å². The molecule has 3 rings (SSSR count). The maximum Gasteiger partial charge on any atom is 0.134 e. The van der Waals surface area contributed by atoms with Gasteiger partial charge < -0.3 is 5.32 Å². The molecule has 0 radical (unpaired) electrons. The number of aromatic nitrogens is 1. The van der Waals surface area contributed by atoms with Gasteiger partial charge in [-0.15, -0.1) is 11.3 Å². The van der Waals surface area contributed by atoms with Crippen molar-refractivity contribution in [2.24, 2.45) is 0 Å². The van der Waals surface area contributed by atoms with E-state index in [-0.39, 0.29) is 5.82 Å². The van der Waals surface area contributed by atoms with Gasteiger partial charge in [-0.05, 0) is 40.9 Å². The van der Waals surface area contributed by atoms with E-state index in [0.717, 1.165) is 21.7 Å². The van der Waals surface area contributed by atoms with Crippen LogP contribution < -0.4 is 5.32 Å². The Morgan fingerprint density at radius 2 is 2.28 bits per heavy atom. The number of halogens is 2. The molecule has 1 N–H and O–H groups in total. The van der Waals surface area contributed by atoms with Crippen LogP contribution in [0.1, 0.15) is 18.5 Å². The fourth-order valence-electron chi connectivity index (χ4n) is 1.74. The summed E-state index contributed by atoms with van der Waals surface area (Å²) in [5.74, 6) is -0.236. The second-order valence-corrected chi connectivity index (χ2v) is 6.11. The van der Waals surface area contributed by atoms with Gasteiger partial charge in [0, 0.05) is 22.4 Å². The molecule has 0 bridgehead atoms. The number of nitrogens with zero attached hydrogens (tertiary/aromatic N) is 1. The molecule has 18 heavy (non-hydrogen) atoms. The zero-order valence-electron chi connectivity index (χ0n) is 9.62. The summed E-state index contributed by atoms with van der Waals surface area (Å²) in [5.41, 5.74) is 1.54. The highest BCUT2D eigenvalue weighted by Gasteiger charge is 2.20. The highest BCUT2D eigenvalue weighted by Crippen LogP contribution is 2.33. The van der Waals surface area contributed by atoms with Crippen molar-refractivity contribution in [3.05, 3.63) is 39.6 Å². The van der Waals surface area contributed by atoms with Crippen molar-refractivity contribution in [2.45, 2.75) is 25.4 Å². The van der Waals surface area contributed by atoms with Crippen molar-refractivity contribution < 1.29 is 4.39 Å². The molecular weight excluding hydrogens is 315 g/mol. The van der Waals surface area contributed by atoms with Crippen LogP contribution in [-0.4, -0.2) is 11.0 Å². The van der Waals surface area contributed by atoms with Crippen molar-refractivity contribution in [2.75, 3.05) is 0 Å². The second-order valence-electron chi connectivity index (χ2n) is 4.40. The van der Waals surface area contributed by atoms with Gasteiger partial charge in [0.05, 0.1) is 11.3 Å². The number of hydrogen-bond acceptors (Lipinski definition) is 3. The molecule has 1 aromatic carbocycles. The molecule has 1 heterocycles. The highest BCUT2D eigenvalue weighted by molar-refractivity contribution is 9.10. The summed E-state index contributed by atoms with van der Waals surface area (Å²) >= 11 is 4.86. The van der Waals surface area contributed by atoms with E-state index in [0.29, 0.717) is 11.6 Å². The number of hydrogen-bond donors (Lipinski definition) is 1. The van der Waals surface area contributed by atoms with Gasteiger partial charge in [0.25, 0.3) is 0 Å². The van der Waals surface area contributed by atoms with Gasteiger partial charge in [0.2, 0.25) is 0 Å². The van der Waals surface area contributed by atoms with Crippen LogP contribution in [0.25, 0.3) is 10.6 Å². The first-order chi connectivity index (χ1) is 8.74. The molecule has 94 valence electrons. The first kappa shape index (κ1) is 12.3. The van der Waals surface area contributed by atoms with Crippen molar-refractivity contribution >= 4 is 27.3 Å². The molecule has 5 heteroatoms. The van der Waals surface area contributed by atoms with E-state index in [4.69, 9.17) is 0 Å². The van der Waals surface area contributed by atoms with Gasteiger partial charge in [-0.3, -0.25) is 0 Å². The molecule has 1 aliphatic carbocycles. The van der Waals surface area contributed by atoms with Crippen molar-refractivity contribution in [3.63, 3.8) is 0 Å². The summed E-state index contributed by atoms with van der Waals surface area (Å²) in [7, 11) is 0. The summed E-state index contributed by atoms with van der Waals surface area (Å²) in [6.45, 7) is 0.771. The van der Waals surface area contributed by atoms with E-state index < -0.39 is 0 Å². The average Bonchev–Trinajstić information content (AvgIpc) is 3.06. The first-order valence-electron chi connectivity index (χ1n) is 5.86. The van der Waals surface area contributed by atoms with Gasteiger partial charge in [-0.25, -0.2) is 9.37 Å². The van der Waals surface area contributed by atoms with Gasteiger partial charge in [0.1, 0.15) is 10.8 Å². The molecule has 0 unspecified atom stereocenters. The molecule has 1 saturated carbocycles. The predicted octanol–water partition coefficient (Wildman–Crippen LogP) is 3.96. The van der Waals surface area contributed by atoms with E-state index in [1.807, 2.05) is 11.4 Å². The Morgan fingerprint density at radius 3 is 3.00 bits per heavy atom. The molecule has 2 aromatic rings. The Hall–Kier alpha value is -0.780. The molecular formula is C13H12BrFN2S. The molecule has 0 saturated heterocycles. The maximum absolute atomic E-state index is 13.8. The molecule has 1 aliphatic rings. The van der Waals surface area contributed by atoms with Crippen LogP contribution in [0.5, 0.6) is 0 Å². The largest absolute Gasteiger partial charge is 0.308 e. The van der Waals surface area contributed by atoms with Crippen LogP contribution in [0.2, 0.25) is 0 Å². The van der Waals surface area contributed by atoms with Gasteiger partial charge in [-0.2, -0.15) is 0 Å². The summed E-state index contributed by atoms with van der Waals surface area (Å²) in [4.78, 5) is 4.49. The lowest BCUT2D eigenvalue weighted by Gasteiger charge is -2.02. The quantitative estimate of drug-likeness (QED) is 0.919. The van der Waals surface area contributed by atoms with E-state index in [1.54, 1.807) is 6.07 Å². The number of nitrogens with one attached hydrogen (secondary N) is 1. The van der Waals surface area contributed by atoms with Gasteiger partial charge in [-0.1, -0.05) is 6.07 Å². The molecule has 0 amide bonds. The smallest absolute Gasteiger partial charge is 0.134 e. The van der Waals surface area contributed by atoms with Crippen molar-refractivity contribution in [1.82, 2.24) is 10.3 Å². The highest BCUT2D eigenvalue weighted by atomic mass is 79.9. The average molecular weight is 327 g/mol. The fourth-order valence-corrected chi connectivity index (χ4v) is 3.28. The minimum absolute atomic E-state index is 0.236. The first-order valence-corrected chi connectivity index (χ1v) is 7.53. The normalized spacial score (nSPS) is 15.0. The summed E-state index contributed by atoms with van der Waals surface area (Å²) < 4.78 is 14.5. The van der Waals surface area contributed by atoms with Crippen LogP contribution >= 0.6 is 27.3 Å². The SMILES string of the molecule is Fc1cccc(Br)c1-c1nc(CNC2CC2)cs1. The number of benzene rings is 1. The van der Waals surface area contributed by atoms with Crippen molar-refractivity contribution in [3.8, 4) is 10.6 Å². The topological polar surface area (TPSA) is 24.9 Å². The van der Waals surface area contributed by atoms with Crippen LogP contribution in [0.4, 0.5) is 4.39 Å².